The summed E-state index contributed by atoms with van der Waals surface area (Å²) in [6.07, 6.45) is 1.87. The first kappa shape index (κ1) is 20.1. The summed E-state index contributed by atoms with van der Waals surface area (Å²) in [6.45, 7) is 3.56. The largest absolute Gasteiger partial charge is 0.478 e. The highest BCUT2D eigenvalue weighted by Gasteiger charge is 2.24. The number of anilines is 2. The maximum Gasteiger partial charge on any atom is 0.337 e. The Labute approximate surface area is 161 Å². The Hall–Kier alpha value is -2.68. The SMILES string of the molecule is CC1CCN(c2ccc(NS(=O)(=O)c3cc(F)ccc3F)cc2C(=O)O)CC1. The number of carbonyl (C=O) groups is 1. The number of carboxylic acids is 1. The van der Waals surface area contributed by atoms with E-state index in [0.717, 1.165) is 18.9 Å². The minimum absolute atomic E-state index is 0.0461. The highest BCUT2D eigenvalue weighted by molar-refractivity contribution is 7.92. The molecule has 0 aliphatic carbocycles. The predicted octanol–water partition coefficient (Wildman–Crippen LogP) is 3.70. The van der Waals surface area contributed by atoms with Crippen LogP contribution in [0.1, 0.15) is 30.1 Å². The van der Waals surface area contributed by atoms with Crippen LogP contribution >= 0.6 is 0 Å². The second-order valence-electron chi connectivity index (χ2n) is 6.89. The molecule has 0 atom stereocenters. The number of benzene rings is 2. The van der Waals surface area contributed by atoms with Crippen molar-refractivity contribution in [2.75, 3.05) is 22.7 Å². The molecule has 0 spiro atoms. The van der Waals surface area contributed by atoms with E-state index in [1.807, 2.05) is 4.90 Å². The molecular weight excluding hydrogens is 390 g/mol. The number of halogens is 2. The molecule has 1 heterocycles. The maximum atomic E-state index is 13.8. The van der Waals surface area contributed by atoms with Crippen molar-refractivity contribution in [3.8, 4) is 0 Å². The predicted molar refractivity (Wildman–Crippen MR) is 101 cm³/mol. The molecular formula is C19H20F2N2O4S. The Morgan fingerprint density at radius 1 is 1.14 bits per heavy atom. The topological polar surface area (TPSA) is 86.7 Å². The van der Waals surface area contributed by atoms with Crippen LogP contribution in [0.2, 0.25) is 0 Å². The van der Waals surface area contributed by atoms with Crippen molar-refractivity contribution in [1.29, 1.82) is 0 Å². The van der Waals surface area contributed by atoms with Gasteiger partial charge in [0.05, 0.1) is 11.3 Å². The summed E-state index contributed by atoms with van der Waals surface area (Å²) >= 11 is 0. The highest BCUT2D eigenvalue weighted by atomic mass is 32.2. The van der Waals surface area contributed by atoms with Crippen molar-refractivity contribution >= 4 is 27.4 Å². The molecule has 2 aromatic carbocycles. The molecule has 0 bridgehead atoms. The lowest BCUT2D eigenvalue weighted by Gasteiger charge is -2.33. The number of sulfonamides is 1. The van der Waals surface area contributed by atoms with Crippen molar-refractivity contribution in [1.82, 2.24) is 0 Å². The van der Waals surface area contributed by atoms with Crippen LogP contribution in [-0.2, 0) is 10.0 Å². The fraction of sp³-hybridized carbons (Fsp3) is 0.316. The van der Waals surface area contributed by atoms with Gasteiger partial charge in [-0.1, -0.05) is 6.92 Å². The van der Waals surface area contributed by atoms with Gasteiger partial charge in [0.1, 0.15) is 16.5 Å². The van der Waals surface area contributed by atoms with E-state index in [9.17, 15) is 27.1 Å². The van der Waals surface area contributed by atoms with Crippen molar-refractivity contribution in [2.45, 2.75) is 24.7 Å². The Morgan fingerprint density at radius 2 is 1.82 bits per heavy atom. The third-order valence-electron chi connectivity index (χ3n) is 4.79. The monoisotopic (exact) mass is 410 g/mol. The molecule has 2 N–H and O–H groups in total. The maximum absolute atomic E-state index is 13.8. The second kappa shape index (κ2) is 7.75. The molecule has 3 rings (SSSR count). The van der Waals surface area contributed by atoms with E-state index in [1.54, 1.807) is 0 Å². The summed E-state index contributed by atoms with van der Waals surface area (Å²) in [5.41, 5.74) is 0.393. The molecule has 0 aromatic heterocycles. The molecule has 9 heteroatoms. The average molecular weight is 410 g/mol. The zero-order valence-corrected chi connectivity index (χ0v) is 16.0. The highest BCUT2D eigenvalue weighted by Crippen LogP contribution is 2.30. The Balaban J connectivity index is 1.92. The first-order valence-electron chi connectivity index (χ1n) is 8.77. The van der Waals surface area contributed by atoms with Crippen molar-refractivity contribution in [3.05, 3.63) is 53.6 Å². The molecule has 28 heavy (non-hydrogen) atoms. The standard InChI is InChI=1S/C19H20F2N2O4S/c1-12-6-8-23(9-7-12)17-5-3-14(11-15(17)19(24)25)22-28(26,27)18-10-13(20)2-4-16(18)21/h2-5,10-12,22H,6-9H2,1H3,(H,24,25). The van der Waals surface area contributed by atoms with E-state index in [-0.39, 0.29) is 11.3 Å². The molecule has 150 valence electrons. The van der Waals surface area contributed by atoms with E-state index in [2.05, 4.69) is 11.6 Å². The van der Waals surface area contributed by atoms with Gasteiger partial charge in [0.25, 0.3) is 10.0 Å². The van der Waals surface area contributed by atoms with Crippen LogP contribution in [0.3, 0.4) is 0 Å². The zero-order chi connectivity index (χ0) is 20.5. The van der Waals surface area contributed by atoms with Crippen LogP contribution < -0.4 is 9.62 Å². The van der Waals surface area contributed by atoms with E-state index in [4.69, 9.17) is 0 Å². The molecule has 0 radical (unpaired) electrons. The van der Waals surface area contributed by atoms with Gasteiger partial charge in [-0.3, -0.25) is 4.72 Å². The first-order chi connectivity index (χ1) is 13.2. The molecule has 1 aliphatic heterocycles. The number of aromatic carboxylic acids is 1. The molecule has 0 unspecified atom stereocenters. The Kier molecular flexibility index (Phi) is 5.55. The van der Waals surface area contributed by atoms with Gasteiger partial charge in [0, 0.05) is 18.8 Å². The molecule has 0 saturated carbocycles. The summed E-state index contributed by atoms with van der Waals surface area (Å²) in [5.74, 6) is -2.64. The number of nitrogens with zero attached hydrogens (tertiary/aromatic N) is 1. The minimum Gasteiger partial charge on any atom is -0.478 e. The van der Waals surface area contributed by atoms with E-state index >= 15 is 0 Å². The molecule has 1 fully saturated rings. The molecule has 1 saturated heterocycles. The third-order valence-corrected chi connectivity index (χ3v) is 6.18. The lowest BCUT2D eigenvalue weighted by molar-refractivity contribution is 0.0697. The summed E-state index contributed by atoms with van der Waals surface area (Å²) in [7, 11) is -4.43. The normalized spacial score (nSPS) is 15.5. The molecule has 6 nitrogen and oxygen atoms in total. The number of hydrogen-bond donors (Lipinski definition) is 2. The van der Waals surface area contributed by atoms with Crippen molar-refractivity contribution in [2.24, 2.45) is 5.92 Å². The van der Waals surface area contributed by atoms with E-state index < -0.39 is 32.5 Å². The summed E-state index contributed by atoms with van der Waals surface area (Å²) in [5, 5.41) is 9.56. The van der Waals surface area contributed by atoms with Crippen LogP contribution in [0.15, 0.2) is 41.3 Å². The molecule has 0 amide bonds. The van der Waals surface area contributed by atoms with Crippen LogP contribution in [0.4, 0.5) is 20.2 Å². The van der Waals surface area contributed by atoms with Gasteiger partial charge in [-0.25, -0.2) is 22.0 Å². The van der Waals surface area contributed by atoms with Crippen LogP contribution in [-0.4, -0.2) is 32.6 Å². The summed E-state index contributed by atoms with van der Waals surface area (Å²) in [4.78, 5) is 12.8. The van der Waals surface area contributed by atoms with Gasteiger partial charge in [0.2, 0.25) is 0 Å². The fourth-order valence-electron chi connectivity index (χ4n) is 3.19. The van der Waals surface area contributed by atoms with Gasteiger partial charge in [0.15, 0.2) is 0 Å². The lowest BCUT2D eigenvalue weighted by atomic mass is 9.98. The van der Waals surface area contributed by atoms with Gasteiger partial charge < -0.3 is 10.0 Å². The number of hydrogen-bond acceptors (Lipinski definition) is 4. The average Bonchev–Trinajstić information content (AvgIpc) is 2.64. The first-order valence-corrected chi connectivity index (χ1v) is 10.3. The van der Waals surface area contributed by atoms with Gasteiger partial charge in [-0.2, -0.15) is 0 Å². The van der Waals surface area contributed by atoms with Crippen LogP contribution in [0.5, 0.6) is 0 Å². The Morgan fingerprint density at radius 3 is 2.46 bits per heavy atom. The minimum atomic E-state index is -4.43. The fourth-order valence-corrected chi connectivity index (χ4v) is 4.33. The second-order valence-corrected chi connectivity index (χ2v) is 8.54. The lowest BCUT2D eigenvalue weighted by Crippen LogP contribution is -2.33. The number of rotatable bonds is 5. The molecule has 2 aromatic rings. The van der Waals surface area contributed by atoms with Gasteiger partial charge in [-0.05, 0) is 55.2 Å². The van der Waals surface area contributed by atoms with Crippen molar-refractivity contribution in [3.63, 3.8) is 0 Å². The smallest absolute Gasteiger partial charge is 0.337 e. The quantitative estimate of drug-likeness (QED) is 0.785. The van der Waals surface area contributed by atoms with Gasteiger partial charge >= 0.3 is 5.97 Å². The third kappa shape index (κ3) is 4.24. The summed E-state index contributed by atoms with van der Waals surface area (Å²) < 4.78 is 54.1. The Bertz CT molecular complexity index is 1000. The summed E-state index contributed by atoms with van der Waals surface area (Å²) in [6, 6.07) is 6.22. The van der Waals surface area contributed by atoms with E-state index in [0.29, 0.717) is 36.8 Å². The number of nitrogens with one attached hydrogen (secondary N) is 1. The van der Waals surface area contributed by atoms with E-state index in [1.165, 1.54) is 18.2 Å². The van der Waals surface area contributed by atoms with Crippen molar-refractivity contribution < 1.29 is 27.1 Å². The van der Waals surface area contributed by atoms with Crippen LogP contribution in [0, 0.1) is 17.6 Å². The van der Waals surface area contributed by atoms with Gasteiger partial charge in [-0.15, -0.1) is 0 Å². The zero-order valence-electron chi connectivity index (χ0n) is 15.2. The number of carboxylic acid groups (broad SMARTS) is 1. The molecule has 1 aliphatic rings. The van der Waals surface area contributed by atoms with Crippen LogP contribution in [0.25, 0.3) is 0 Å². The number of piperidine rings is 1.